The van der Waals surface area contributed by atoms with Crippen molar-refractivity contribution >= 4 is 61.5 Å². The molecule has 0 heterocycles. The quantitative estimate of drug-likeness (QED) is 0.600. The van der Waals surface area contributed by atoms with E-state index in [0.29, 0.717) is 0 Å². The SMILES string of the molecule is NC(=S)Nc1ccc(Br)cc1I. The van der Waals surface area contributed by atoms with Crippen molar-refractivity contribution in [3.63, 3.8) is 0 Å². The van der Waals surface area contributed by atoms with E-state index >= 15 is 0 Å². The second-order valence-corrected chi connectivity index (χ2v) is 4.63. The van der Waals surface area contributed by atoms with Crippen LogP contribution in [0.15, 0.2) is 22.7 Å². The zero-order valence-electron chi connectivity index (χ0n) is 5.97. The molecule has 0 fully saturated rings. The number of benzene rings is 1. The lowest BCUT2D eigenvalue weighted by atomic mass is 10.3. The topological polar surface area (TPSA) is 38.0 Å². The number of halogens is 2. The van der Waals surface area contributed by atoms with Crippen molar-refractivity contribution in [2.24, 2.45) is 5.73 Å². The first-order valence-corrected chi connectivity index (χ1v) is 5.39. The molecular formula is C7H6BrIN2S. The number of anilines is 1. The highest BCUT2D eigenvalue weighted by Crippen LogP contribution is 2.22. The van der Waals surface area contributed by atoms with Crippen molar-refractivity contribution in [3.8, 4) is 0 Å². The van der Waals surface area contributed by atoms with Crippen LogP contribution in [-0.2, 0) is 0 Å². The van der Waals surface area contributed by atoms with Crippen LogP contribution in [0.5, 0.6) is 0 Å². The number of rotatable bonds is 1. The van der Waals surface area contributed by atoms with E-state index in [4.69, 9.17) is 18.0 Å². The Kier molecular flexibility index (Phi) is 3.73. The molecule has 0 unspecified atom stereocenters. The number of nitrogens with one attached hydrogen (secondary N) is 1. The third-order valence-electron chi connectivity index (χ3n) is 1.19. The summed E-state index contributed by atoms with van der Waals surface area (Å²) in [6.45, 7) is 0. The minimum Gasteiger partial charge on any atom is -0.376 e. The van der Waals surface area contributed by atoms with Crippen molar-refractivity contribution < 1.29 is 0 Å². The average Bonchev–Trinajstić information content (AvgIpc) is 1.94. The number of hydrogen-bond donors (Lipinski definition) is 2. The van der Waals surface area contributed by atoms with E-state index in [1.165, 1.54) is 0 Å². The minimum atomic E-state index is 0.287. The van der Waals surface area contributed by atoms with E-state index in [9.17, 15) is 0 Å². The van der Waals surface area contributed by atoms with Crippen LogP contribution in [0.2, 0.25) is 0 Å². The summed E-state index contributed by atoms with van der Waals surface area (Å²) in [6.07, 6.45) is 0. The molecule has 0 aliphatic heterocycles. The average molecular weight is 357 g/mol. The van der Waals surface area contributed by atoms with Gasteiger partial charge >= 0.3 is 0 Å². The van der Waals surface area contributed by atoms with Gasteiger partial charge in [0.15, 0.2) is 5.11 Å². The summed E-state index contributed by atoms with van der Waals surface area (Å²) in [4.78, 5) is 0. The summed E-state index contributed by atoms with van der Waals surface area (Å²) in [5.41, 5.74) is 6.27. The Morgan fingerprint density at radius 3 is 2.75 bits per heavy atom. The zero-order chi connectivity index (χ0) is 9.14. The maximum Gasteiger partial charge on any atom is 0.168 e. The molecule has 2 nitrogen and oxygen atoms in total. The fourth-order valence-corrected chi connectivity index (χ4v) is 2.27. The van der Waals surface area contributed by atoms with Gasteiger partial charge in [-0.25, -0.2) is 0 Å². The van der Waals surface area contributed by atoms with E-state index in [1.807, 2.05) is 18.2 Å². The maximum absolute atomic E-state index is 5.34. The van der Waals surface area contributed by atoms with E-state index in [0.717, 1.165) is 13.7 Å². The van der Waals surface area contributed by atoms with Gasteiger partial charge in [0, 0.05) is 8.04 Å². The van der Waals surface area contributed by atoms with Crippen LogP contribution >= 0.6 is 50.7 Å². The van der Waals surface area contributed by atoms with Crippen LogP contribution in [0, 0.1) is 3.57 Å². The number of thiocarbonyl (C=S) groups is 1. The van der Waals surface area contributed by atoms with E-state index in [1.54, 1.807) is 0 Å². The molecule has 3 N–H and O–H groups in total. The second kappa shape index (κ2) is 4.38. The molecule has 0 bridgehead atoms. The fourth-order valence-electron chi connectivity index (χ4n) is 0.724. The Labute approximate surface area is 98.2 Å². The molecule has 0 aliphatic carbocycles. The smallest absolute Gasteiger partial charge is 0.168 e. The van der Waals surface area contributed by atoms with E-state index < -0.39 is 0 Å². The van der Waals surface area contributed by atoms with Gasteiger partial charge in [-0.1, -0.05) is 15.9 Å². The van der Waals surface area contributed by atoms with Crippen molar-refractivity contribution in [2.75, 3.05) is 5.32 Å². The second-order valence-electron chi connectivity index (χ2n) is 2.11. The predicted molar refractivity (Wildman–Crippen MR) is 67.3 cm³/mol. The Balaban J connectivity index is 2.93. The minimum absolute atomic E-state index is 0.287. The highest BCUT2D eigenvalue weighted by Gasteiger charge is 1.99. The third-order valence-corrected chi connectivity index (χ3v) is 2.68. The van der Waals surface area contributed by atoms with Crippen LogP contribution in [0.3, 0.4) is 0 Å². The molecule has 5 heteroatoms. The molecule has 0 aromatic heterocycles. The fraction of sp³-hybridized carbons (Fsp3) is 0. The van der Waals surface area contributed by atoms with Crippen LogP contribution in [0.25, 0.3) is 0 Å². The zero-order valence-corrected chi connectivity index (χ0v) is 10.5. The Morgan fingerprint density at radius 1 is 1.58 bits per heavy atom. The molecule has 1 rings (SSSR count). The normalized spacial score (nSPS) is 9.50. The van der Waals surface area contributed by atoms with Crippen molar-refractivity contribution in [2.45, 2.75) is 0 Å². The largest absolute Gasteiger partial charge is 0.376 e. The molecule has 0 radical (unpaired) electrons. The van der Waals surface area contributed by atoms with Gasteiger partial charge in [0.05, 0.1) is 5.69 Å². The summed E-state index contributed by atoms with van der Waals surface area (Å²) >= 11 is 10.3. The van der Waals surface area contributed by atoms with Gasteiger partial charge < -0.3 is 11.1 Å². The molecule has 1 aromatic rings. The van der Waals surface area contributed by atoms with Gasteiger partial charge in [-0.3, -0.25) is 0 Å². The summed E-state index contributed by atoms with van der Waals surface area (Å²) in [7, 11) is 0. The summed E-state index contributed by atoms with van der Waals surface area (Å²) < 4.78 is 2.12. The van der Waals surface area contributed by atoms with Crippen LogP contribution in [0.4, 0.5) is 5.69 Å². The van der Waals surface area contributed by atoms with Crippen LogP contribution in [0.1, 0.15) is 0 Å². The predicted octanol–water partition coefficient (Wildman–Crippen LogP) is 2.71. The van der Waals surface area contributed by atoms with Crippen LogP contribution < -0.4 is 11.1 Å². The highest BCUT2D eigenvalue weighted by molar-refractivity contribution is 14.1. The summed E-state index contributed by atoms with van der Waals surface area (Å²) in [5, 5.41) is 3.17. The molecular weight excluding hydrogens is 351 g/mol. The Bertz CT molecular complexity index is 316. The molecule has 0 aliphatic rings. The molecule has 0 saturated carbocycles. The van der Waals surface area contributed by atoms with Crippen molar-refractivity contribution in [1.82, 2.24) is 0 Å². The molecule has 1 aromatic carbocycles. The van der Waals surface area contributed by atoms with Gasteiger partial charge in [0.25, 0.3) is 0 Å². The number of nitrogens with two attached hydrogens (primary N) is 1. The van der Waals surface area contributed by atoms with Gasteiger partial charge in [0.1, 0.15) is 0 Å². The van der Waals surface area contributed by atoms with Crippen molar-refractivity contribution in [3.05, 3.63) is 26.2 Å². The van der Waals surface area contributed by atoms with Gasteiger partial charge in [-0.2, -0.15) is 0 Å². The van der Waals surface area contributed by atoms with E-state index in [-0.39, 0.29) is 5.11 Å². The molecule has 12 heavy (non-hydrogen) atoms. The summed E-state index contributed by atoms with van der Waals surface area (Å²) in [5.74, 6) is 0. The molecule has 0 amide bonds. The first-order valence-electron chi connectivity index (χ1n) is 3.11. The maximum atomic E-state index is 5.34. The first-order chi connectivity index (χ1) is 5.59. The van der Waals surface area contributed by atoms with Gasteiger partial charge in [-0.05, 0) is 53.0 Å². The lowest BCUT2D eigenvalue weighted by Gasteiger charge is -2.05. The van der Waals surface area contributed by atoms with Gasteiger partial charge in [-0.15, -0.1) is 0 Å². The highest BCUT2D eigenvalue weighted by atomic mass is 127. The van der Waals surface area contributed by atoms with E-state index in [2.05, 4.69) is 43.8 Å². The molecule has 0 saturated heterocycles. The standard InChI is InChI=1S/C7H6BrIN2S/c8-4-1-2-6(5(9)3-4)11-7(10)12/h1-3H,(H3,10,11,12). The Hall–Kier alpha value is 0.120. The monoisotopic (exact) mass is 356 g/mol. The molecule has 0 spiro atoms. The summed E-state index contributed by atoms with van der Waals surface area (Å²) in [6, 6.07) is 5.84. The van der Waals surface area contributed by atoms with Gasteiger partial charge in [0.2, 0.25) is 0 Å². The first kappa shape index (κ1) is 10.2. The molecule has 64 valence electrons. The molecule has 0 atom stereocenters. The lowest BCUT2D eigenvalue weighted by Crippen LogP contribution is -2.19. The number of hydrogen-bond acceptors (Lipinski definition) is 1. The Morgan fingerprint density at radius 2 is 2.25 bits per heavy atom. The lowest BCUT2D eigenvalue weighted by molar-refractivity contribution is 1.54. The third kappa shape index (κ3) is 2.87. The van der Waals surface area contributed by atoms with Crippen LogP contribution in [-0.4, -0.2) is 5.11 Å². The van der Waals surface area contributed by atoms with Crippen molar-refractivity contribution in [1.29, 1.82) is 0 Å².